The van der Waals surface area contributed by atoms with Crippen LogP contribution in [0.15, 0.2) is 18.2 Å². The van der Waals surface area contributed by atoms with Gasteiger partial charge in [0.15, 0.2) is 5.13 Å². The number of methoxy groups -OCH3 is 1. The van der Waals surface area contributed by atoms with Gasteiger partial charge in [0, 0.05) is 32.7 Å². The molecule has 1 aliphatic rings. The molecule has 1 aromatic heterocycles. The van der Waals surface area contributed by atoms with Crippen molar-refractivity contribution in [2.24, 2.45) is 5.92 Å². The van der Waals surface area contributed by atoms with Crippen LogP contribution in [0.5, 0.6) is 0 Å². The molecular formula is C17H23N3O2S. The molecule has 1 aromatic carbocycles. The lowest BCUT2D eigenvalue weighted by Gasteiger charge is -2.31. The summed E-state index contributed by atoms with van der Waals surface area (Å²) in [5.41, 5.74) is 2.33. The minimum Gasteiger partial charge on any atom is -0.383 e. The molecular weight excluding hydrogens is 310 g/mol. The molecule has 2 heterocycles. The minimum absolute atomic E-state index is 0.111. The highest BCUT2D eigenvalue weighted by Gasteiger charge is 2.26. The molecule has 0 aliphatic carbocycles. The molecule has 1 N–H and O–H groups in total. The van der Waals surface area contributed by atoms with Gasteiger partial charge < -0.3 is 15.0 Å². The maximum Gasteiger partial charge on any atom is 0.223 e. The van der Waals surface area contributed by atoms with Gasteiger partial charge in [-0.3, -0.25) is 4.79 Å². The summed E-state index contributed by atoms with van der Waals surface area (Å²) >= 11 is 1.74. The van der Waals surface area contributed by atoms with Crippen molar-refractivity contribution in [1.29, 1.82) is 0 Å². The molecule has 0 spiro atoms. The van der Waals surface area contributed by atoms with Crippen molar-refractivity contribution in [3.63, 3.8) is 0 Å². The van der Waals surface area contributed by atoms with Gasteiger partial charge in [0.2, 0.25) is 5.91 Å². The number of nitrogens with one attached hydrogen (secondary N) is 1. The third-order valence-corrected chi connectivity index (χ3v) is 5.35. The van der Waals surface area contributed by atoms with E-state index < -0.39 is 0 Å². The number of fused-ring (bicyclic) bond motifs is 1. The van der Waals surface area contributed by atoms with E-state index in [4.69, 9.17) is 9.72 Å². The number of carbonyl (C=O) groups excluding carboxylic acids is 1. The van der Waals surface area contributed by atoms with Crippen LogP contribution >= 0.6 is 11.3 Å². The lowest BCUT2D eigenvalue weighted by atomic mass is 9.96. The SMILES string of the molecule is COCCNC(=O)C1CCN(c2nc3ccc(C)cc3s2)CC1. The van der Waals surface area contributed by atoms with Crippen LogP contribution in [0.4, 0.5) is 5.13 Å². The number of benzene rings is 1. The summed E-state index contributed by atoms with van der Waals surface area (Å²) in [5, 5.41) is 4.01. The smallest absolute Gasteiger partial charge is 0.223 e. The first kappa shape index (κ1) is 16.2. The Labute approximate surface area is 140 Å². The van der Waals surface area contributed by atoms with Crippen LogP contribution < -0.4 is 10.2 Å². The Morgan fingerprint density at radius 1 is 1.43 bits per heavy atom. The van der Waals surface area contributed by atoms with E-state index in [9.17, 15) is 4.79 Å². The van der Waals surface area contributed by atoms with Crippen molar-refractivity contribution in [3.05, 3.63) is 23.8 Å². The molecule has 1 fully saturated rings. The van der Waals surface area contributed by atoms with Gasteiger partial charge >= 0.3 is 0 Å². The third-order valence-electron chi connectivity index (χ3n) is 4.27. The highest BCUT2D eigenvalue weighted by atomic mass is 32.1. The maximum atomic E-state index is 12.1. The van der Waals surface area contributed by atoms with Crippen molar-refractivity contribution in [2.45, 2.75) is 19.8 Å². The standard InChI is InChI=1S/C17H23N3O2S/c1-12-3-4-14-15(11-12)23-17(19-14)20-8-5-13(6-9-20)16(21)18-7-10-22-2/h3-4,11,13H,5-10H2,1-2H3,(H,18,21). The van der Waals surface area contributed by atoms with Gasteiger partial charge in [-0.25, -0.2) is 4.98 Å². The zero-order chi connectivity index (χ0) is 16.2. The maximum absolute atomic E-state index is 12.1. The van der Waals surface area contributed by atoms with Crippen LogP contribution in [0.1, 0.15) is 18.4 Å². The quantitative estimate of drug-likeness (QED) is 0.855. The van der Waals surface area contributed by atoms with Crippen molar-refractivity contribution in [1.82, 2.24) is 10.3 Å². The van der Waals surface area contributed by atoms with E-state index in [0.29, 0.717) is 13.2 Å². The first-order chi connectivity index (χ1) is 11.2. The van der Waals surface area contributed by atoms with Crippen LogP contribution in [-0.4, -0.2) is 44.2 Å². The van der Waals surface area contributed by atoms with Crippen LogP contribution in [0.3, 0.4) is 0 Å². The molecule has 6 heteroatoms. The first-order valence-electron chi connectivity index (χ1n) is 8.06. The number of piperidine rings is 1. The van der Waals surface area contributed by atoms with Crippen LogP contribution in [0.2, 0.25) is 0 Å². The second kappa shape index (κ2) is 7.27. The third kappa shape index (κ3) is 3.82. The number of nitrogens with zero attached hydrogens (tertiary/aromatic N) is 2. The second-order valence-electron chi connectivity index (χ2n) is 6.01. The van der Waals surface area contributed by atoms with E-state index in [1.807, 2.05) is 0 Å². The lowest BCUT2D eigenvalue weighted by molar-refractivity contribution is -0.125. The lowest BCUT2D eigenvalue weighted by Crippen LogP contribution is -2.41. The number of amides is 1. The number of anilines is 1. The molecule has 0 atom stereocenters. The fourth-order valence-electron chi connectivity index (χ4n) is 2.91. The Morgan fingerprint density at radius 3 is 2.96 bits per heavy atom. The molecule has 0 saturated carbocycles. The fourth-order valence-corrected chi connectivity index (χ4v) is 4.02. The number of aryl methyl sites for hydroxylation is 1. The number of rotatable bonds is 5. The summed E-state index contributed by atoms with van der Waals surface area (Å²) < 4.78 is 6.20. The fraction of sp³-hybridized carbons (Fsp3) is 0.529. The highest BCUT2D eigenvalue weighted by molar-refractivity contribution is 7.22. The summed E-state index contributed by atoms with van der Waals surface area (Å²) in [6.45, 7) is 5.04. The van der Waals surface area contributed by atoms with Gasteiger partial charge in [0.05, 0.1) is 16.8 Å². The molecule has 0 unspecified atom stereocenters. The predicted octanol–water partition coefficient (Wildman–Crippen LogP) is 2.58. The predicted molar refractivity (Wildman–Crippen MR) is 94.2 cm³/mol. The molecule has 0 bridgehead atoms. The van der Waals surface area contributed by atoms with Gasteiger partial charge in [-0.05, 0) is 37.5 Å². The van der Waals surface area contributed by atoms with Gasteiger partial charge in [-0.15, -0.1) is 0 Å². The van der Waals surface area contributed by atoms with Crippen LogP contribution in [-0.2, 0) is 9.53 Å². The number of carbonyl (C=O) groups is 1. The van der Waals surface area contributed by atoms with Crippen molar-refractivity contribution >= 4 is 32.6 Å². The number of hydrogen-bond donors (Lipinski definition) is 1. The summed E-state index contributed by atoms with van der Waals surface area (Å²) in [6, 6.07) is 6.37. The summed E-state index contributed by atoms with van der Waals surface area (Å²) in [7, 11) is 1.64. The monoisotopic (exact) mass is 333 g/mol. The van der Waals surface area contributed by atoms with E-state index in [-0.39, 0.29) is 11.8 Å². The molecule has 0 radical (unpaired) electrons. The Bertz CT molecular complexity index is 678. The number of aromatic nitrogens is 1. The highest BCUT2D eigenvalue weighted by Crippen LogP contribution is 2.32. The average Bonchev–Trinajstić information content (AvgIpc) is 2.98. The molecule has 2 aromatic rings. The molecule has 1 amide bonds. The second-order valence-corrected chi connectivity index (χ2v) is 7.02. The normalized spacial score (nSPS) is 16.0. The van der Waals surface area contributed by atoms with Crippen LogP contribution in [0, 0.1) is 12.8 Å². The zero-order valence-electron chi connectivity index (χ0n) is 13.7. The van der Waals surface area contributed by atoms with Crippen molar-refractivity contribution in [2.75, 3.05) is 38.3 Å². The largest absolute Gasteiger partial charge is 0.383 e. The Kier molecular flexibility index (Phi) is 5.13. The van der Waals surface area contributed by atoms with Gasteiger partial charge in [0.1, 0.15) is 0 Å². The number of hydrogen-bond acceptors (Lipinski definition) is 5. The van der Waals surface area contributed by atoms with Crippen molar-refractivity contribution in [3.8, 4) is 0 Å². The molecule has 1 saturated heterocycles. The summed E-state index contributed by atoms with van der Waals surface area (Å²) in [6.07, 6.45) is 1.77. The minimum atomic E-state index is 0.111. The molecule has 3 rings (SSSR count). The number of thiazole rings is 1. The Morgan fingerprint density at radius 2 is 2.22 bits per heavy atom. The van der Waals surface area contributed by atoms with E-state index >= 15 is 0 Å². The molecule has 5 nitrogen and oxygen atoms in total. The van der Waals surface area contributed by atoms with E-state index in [1.54, 1.807) is 18.4 Å². The Balaban J connectivity index is 1.58. The zero-order valence-corrected chi connectivity index (χ0v) is 14.5. The van der Waals surface area contributed by atoms with Crippen LogP contribution in [0.25, 0.3) is 10.2 Å². The molecule has 124 valence electrons. The molecule has 1 aliphatic heterocycles. The molecule has 23 heavy (non-hydrogen) atoms. The van der Waals surface area contributed by atoms with E-state index in [1.165, 1.54) is 10.3 Å². The van der Waals surface area contributed by atoms with E-state index in [2.05, 4.69) is 35.3 Å². The Hall–Kier alpha value is -1.66. The van der Waals surface area contributed by atoms with E-state index in [0.717, 1.165) is 36.6 Å². The average molecular weight is 333 g/mol. The summed E-state index contributed by atoms with van der Waals surface area (Å²) in [4.78, 5) is 19.1. The van der Waals surface area contributed by atoms with Gasteiger partial charge in [-0.1, -0.05) is 17.4 Å². The van der Waals surface area contributed by atoms with Gasteiger partial charge in [-0.2, -0.15) is 0 Å². The van der Waals surface area contributed by atoms with Gasteiger partial charge in [0.25, 0.3) is 0 Å². The van der Waals surface area contributed by atoms with Crippen molar-refractivity contribution < 1.29 is 9.53 Å². The first-order valence-corrected chi connectivity index (χ1v) is 8.88. The summed E-state index contributed by atoms with van der Waals surface area (Å²) in [5.74, 6) is 0.265. The number of ether oxygens (including phenoxy) is 1. The topological polar surface area (TPSA) is 54.5 Å².